The summed E-state index contributed by atoms with van der Waals surface area (Å²) in [5, 5.41) is 7.48. The molecule has 1 N–H and O–H groups in total. The Morgan fingerprint density at radius 3 is 3.06 bits per heavy atom. The monoisotopic (exact) mass is 244 g/mol. The molecule has 0 bridgehead atoms. The number of ether oxygens (including phenoxy) is 1. The van der Waals surface area contributed by atoms with Crippen molar-refractivity contribution >= 4 is 9.84 Å². The van der Waals surface area contributed by atoms with E-state index in [2.05, 4.69) is 15.4 Å². The second-order valence-electron chi connectivity index (χ2n) is 3.88. The predicted octanol–water partition coefficient (Wildman–Crippen LogP) is -1.27. The minimum Gasteiger partial charge on any atom is -0.378 e. The Morgan fingerprint density at radius 1 is 1.50 bits per heavy atom. The number of nitrogens with one attached hydrogen (secondary N) is 1. The van der Waals surface area contributed by atoms with Gasteiger partial charge in [0, 0.05) is 6.54 Å². The highest BCUT2D eigenvalue weighted by Crippen LogP contribution is 2.20. The van der Waals surface area contributed by atoms with Crippen LogP contribution < -0.4 is 5.32 Å². The lowest BCUT2D eigenvalue weighted by Gasteiger charge is -2.20. The fourth-order valence-corrected chi connectivity index (χ4v) is 3.18. The second kappa shape index (κ2) is 3.51. The van der Waals surface area contributed by atoms with Gasteiger partial charge >= 0.3 is 0 Å². The molecule has 0 radical (unpaired) electrons. The molecule has 1 fully saturated rings. The Balaban J connectivity index is 1.94. The Hall–Kier alpha value is -0.990. The van der Waals surface area contributed by atoms with E-state index < -0.39 is 9.84 Å². The van der Waals surface area contributed by atoms with Gasteiger partial charge in [-0.25, -0.2) is 13.1 Å². The fourth-order valence-electron chi connectivity index (χ4n) is 1.90. The Labute approximate surface area is 92.7 Å². The number of hydrogen-bond donors (Lipinski definition) is 1. The van der Waals surface area contributed by atoms with Gasteiger partial charge < -0.3 is 10.1 Å². The number of hydrogen-bond acceptors (Lipinski definition) is 6. The molecule has 0 spiro atoms. The third kappa shape index (κ3) is 1.53. The molecule has 0 saturated carbocycles. The summed E-state index contributed by atoms with van der Waals surface area (Å²) in [5.41, 5.74) is 0. The normalized spacial score (nSPS) is 27.9. The first-order valence-corrected chi connectivity index (χ1v) is 6.81. The molecule has 1 saturated heterocycles. The average molecular weight is 244 g/mol. The van der Waals surface area contributed by atoms with E-state index in [1.165, 1.54) is 4.68 Å². The number of nitrogens with zero attached hydrogens (tertiary/aromatic N) is 3. The first kappa shape index (κ1) is 10.2. The Bertz CT molecular complexity index is 503. The molecule has 3 rings (SSSR count). The van der Waals surface area contributed by atoms with E-state index in [4.69, 9.17) is 4.74 Å². The molecule has 2 aliphatic rings. The summed E-state index contributed by atoms with van der Waals surface area (Å²) in [6.07, 6.45) is 0. The summed E-state index contributed by atoms with van der Waals surface area (Å²) in [7, 11) is -3.20. The van der Waals surface area contributed by atoms with Gasteiger partial charge in [0.05, 0.1) is 31.6 Å². The minimum atomic E-state index is -3.20. The summed E-state index contributed by atoms with van der Waals surface area (Å²) in [4.78, 5) is 4.09. The van der Waals surface area contributed by atoms with Crippen LogP contribution in [0.4, 0.5) is 0 Å². The summed E-state index contributed by atoms with van der Waals surface area (Å²) >= 11 is 0. The van der Waals surface area contributed by atoms with Crippen LogP contribution in [0.2, 0.25) is 0 Å². The molecule has 88 valence electrons. The Morgan fingerprint density at radius 2 is 2.38 bits per heavy atom. The number of fused-ring (bicyclic) bond motifs is 1. The first-order valence-electron chi connectivity index (χ1n) is 5.15. The van der Waals surface area contributed by atoms with Crippen LogP contribution in [0.25, 0.3) is 0 Å². The van der Waals surface area contributed by atoms with Crippen LogP contribution in [0, 0.1) is 0 Å². The number of aromatic nitrogens is 3. The molecule has 7 nitrogen and oxygen atoms in total. The van der Waals surface area contributed by atoms with Gasteiger partial charge in [-0.2, -0.15) is 10.1 Å². The summed E-state index contributed by atoms with van der Waals surface area (Å²) in [5.74, 6) is 0.620. The molecule has 1 aromatic rings. The van der Waals surface area contributed by atoms with E-state index in [1.807, 2.05) is 0 Å². The van der Waals surface area contributed by atoms with Gasteiger partial charge in [-0.3, -0.25) is 0 Å². The molecule has 0 aromatic carbocycles. The topological polar surface area (TPSA) is 86.1 Å². The highest BCUT2D eigenvalue weighted by molar-refractivity contribution is 7.91. The van der Waals surface area contributed by atoms with Gasteiger partial charge in [0.2, 0.25) is 15.0 Å². The lowest BCUT2D eigenvalue weighted by Crippen LogP contribution is -2.35. The molecular weight excluding hydrogens is 232 g/mol. The maximum Gasteiger partial charge on any atom is 0.246 e. The predicted molar refractivity (Wildman–Crippen MR) is 53.6 cm³/mol. The fraction of sp³-hybridized carbons (Fsp3) is 0.750. The van der Waals surface area contributed by atoms with Crippen LogP contribution in [0.5, 0.6) is 0 Å². The highest BCUT2D eigenvalue weighted by atomic mass is 32.2. The van der Waals surface area contributed by atoms with Crippen LogP contribution in [0.15, 0.2) is 5.16 Å². The molecule has 3 heterocycles. The Kier molecular flexibility index (Phi) is 2.23. The zero-order chi connectivity index (χ0) is 11.2. The van der Waals surface area contributed by atoms with Crippen molar-refractivity contribution in [3.8, 4) is 0 Å². The van der Waals surface area contributed by atoms with E-state index in [1.54, 1.807) is 0 Å². The van der Waals surface area contributed by atoms with Gasteiger partial charge in [-0.15, -0.1) is 0 Å². The van der Waals surface area contributed by atoms with Crippen LogP contribution in [0.1, 0.15) is 11.9 Å². The summed E-state index contributed by atoms with van der Waals surface area (Å²) in [6, 6.07) is -0.0953. The molecule has 1 aromatic heterocycles. The van der Waals surface area contributed by atoms with E-state index in [0.29, 0.717) is 25.6 Å². The lowest BCUT2D eigenvalue weighted by molar-refractivity contribution is 0.0741. The van der Waals surface area contributed by atoms with Crippen LogP contribution in [-0.4, -0.2) is 48.7 Å². The zero-order valence-corrected chi connectivity index (χ0v) is 9.40. The molecule has 16 heavy (non-hydrogen) atoms. The zero-order valence-electron chi connectivity index (χ0n) is 8.59. The van der Waals surface area contributed by atoms with Crippen molar-refractivity contribution in [3.63, 3.8) is 0 Å². The largest absolute Gasteiger partial charge is 0.378 e. The van der Waals surface area contributed by atoms with Gasteiger partial charge in [-0.1, -0.05) is 0 Å². The molecule has 1 atom stereocenters. The van der Waals surface area contributed by atoms with Gasteiger partial charge in [-0.05, 0) is 0 Å². The quantitative estimate of drug-likeness (QED) is 0.662. The van der Waals surface area contributed by atoms with E-state index in [9.17, 15) is 8.42 Å². The summed E-state index contributed by atoms with van der Waals surface area (Å²) < 4.78 is 29.9. The molecule has 0 aliphatic carbocycles. The van der Waals surface area contributed by atoms with Crippen molar-refractivity contribution in [2.75, 3.05) is 25.5 Å². The van der Waals surface area contributed by atoms with Crippen LogP contribution >= 0.6 is 0 Å². The second-order valence-corrected chi connectivity index (χ2v) is 5.88. The first-order chi connectivity index (χ1) is 7.67. The molecule has 8 heteroatoms. The van der Waals surface area contributed by atoms with Gasteiger partial charge in [0.25, 0.3) is 0 Å². The maximum atomic E-state index is 11.6. The van der Waals surface area contributed by atoms with Gasteiger partial charge in [0.15, 0.2) is 5.82 Å². The van der Waals surface area contributed by atoms with Crippen LogP contribution in [-0.2, 0) is 21.1 Å². The van der Waals surface area contributed by atoms with Crippen molar-refractivity contribution in [1.82, 2.24) is 20.1 Å². The number of rotatable bonds is 1. The molecule has 1 unspecified atom stereocenters. The highest BCUT2D eigenvalue weighted by Gasteiger charge is 2.32. The van der Waals surface area contributed by atoms with Gasteiger partial charge in [0.1, 0.15) is 0 Å². The lowest BCUT2D eigenvalue weighted by atomic mass is 10.3. The smallest absolute Gasteiger partial charge is 0.246 e. The molecular formula is C8H12N4O3S. The van der Waals surface area contributed by atoms with Crippen molar-refractivity contribution in [2.45, 2.75) is 17.7 Å². The van der Waals surface area contributed by atoms with Crippen LogP contribution in [0.3, 0.4) is 0 Å². The molecule has 0 amide bonds. The standard InChI is InChI=1S/C8H12N4O3S/c13-16(14)4-2-12-8(16)10-7(11-12)6-5-15-3-1-9-6/h6,9H,1-5H2. The third-order valence-corrected chi connectivity index (χ3v) is 4.32. The van der Waals surface area contributed by atoms with Crippen molar-refractivity contribution in [1.29, 1.82) is 0 Å². The van der Waals surface area contributed by atoms with Crippen molar-refractivity contribution in [3.05, 3.63) is 5.82 Å². The van der Waals surface area contributed by atoms with Crippen molar-refractivity contribution < 1.29 is 13.2 Å². The minimum absolute atomic E-state index is 0.0925. The number of morpholine rings is 1. The van der Waals surface area contributed by atoms with E-state index in [0.717, 1.165) is 6.54 Å². The van der Waals surface area contributed by atoms with Crippen molar-refractivity contribution in [2.24, 2.45) is 0 Å². The number of sulfone groups is 1. The van der Waals surface area contributed by atoms with E-state index >= 15 is 0 Å². The van der Waals surface area contributed by atoms with E-state index in [-0.39, 0.29) is 17.0 Å². The number of aryl methyl sites for hydroxylation is 1. The third-order valence-electron chi connectivity index (χ3n) is 2.74. The molecule has 2 aliphatic heterocycles. The average Bonchev–Trinajstić information content (AvgIpc) is 2.82. The SMILES string of the molecule is O=S1(=O)CCn2nc(C3COCCN3)nc21. The maximum absolute atomic E-state index is 11.6. The summed E-state index contributed by atoms with van der Waals surface area (Å²) in [6.45, 7) is 2.30.